The fourth-order valence-electron chi connectivity index (χ4n) is 2.82. The largest absolute Gasteiger partial charge is 0.494 e. The minimum Gasteiger partial charge on any atom is -0.494 e. The van der Waals surface area contributed by atoms with Crippen molar-refractivity contribution in [3.05, 3.63) is 29.7 Å². The fourth-order valence-corrected chi connectivity index (χ4v) is 2.82. The summed E-state index contributed by atoms with van der Waals surface area (Å²) in [5, 5.41) is 5.10. The van der Waals surface area contributed by atoms with Crippen LogP contribution in [0.4, 0.5) is 40.7 Å². The van der Waals surface area contributed by atoms with E-state index in [9.17, 15) is 17.6 Å². The molecule has 152 valence electrons. The Labute approximate surface area is 158 Å². The number of methoxy groups -OCH3 is 1. The highest BCUT2D eigenvalue weighted by Gasteiger charge is 2.35. The van der Waals surface area contributed by atoms with E-state index in [4.69, 9.17) is 9.47 Å². The first-order valence-corrected chi connectivity index (χ1v) is 8.42. The Morgan fingerprint density at radius 3 is 2.54 bits per heavy atom. The van der Waals surface area contributed by atoms with Gasteiger partial charge in [-0.2, -0.15) is 18.2 Å². The number of hydrogen-bond acceptors (Lipinski definition) is 7. The molecule has 1 aliphatic heterocycles. The third kappa shape index (κ3) is 4.19. The fraction of sp³-hybridized carbons (Fsp3) is 0.412. The van der Waals surface area contributed by atoms with E-state index >= 15 is 0 Å². The van der Waals surface area contributed by atoms with Crippen molar-refractivity contribution in [3.8, 4) is 5.75 Å². The molecule has 0 spiro atoms. The lowest BCUT2D eigenvalue weighted by Crippen LogP contribution is -2.36. The van der Waals surface area contributed by atoms with Crippen LogP contribution in [0.25, 0.3) is 0 Å². The maximum atomic E-state index is 14.6. The molecule has 11 heteroatoms. The van der Waals surface area contributed by atoms with Gasteiger partial charge < -0.3 is 25.0 Å². The summed E-state index contributed by atoms with van der Waals surface area (Å²) in [7, 11) is 2.73. The van der Waals surface area contributed by atoms with Gasteiger partial charge in [0.1, 0.15) is 22.9 Å². The van der Waals surface area contributed by atoms with Gasteiger partial charge in [0, 0.05) is 38.5 Å². The van der Waals surface area contributed by atoms with E-state index in [0.717, 1.165) is 0 Å². The van der Waals surface area contributed by atoms with Crippen LogP contribution in [0, 0.1) is 5.82 Å². The first-order chi connectivity index (χ1) is 13.3. The van der Waals surface area contributed by atoms with Crippen LogP contribution in [0.15, 0.2) is 18.3 Å². The minimum atomic E-state index is -4.60. The van der Waals surface area contributed by atoms with Crippen LogP contribution in [-0.2, 0) is 10.9 Å². The normalized spacial score (nSPS) is 14.7. The van der Waals surface area contributed by atoms with Gasteiger partial charge in [-0.15, -0.1) is 0 Å². The number of aromatic nitrogens is 2. The minimum absolute atomic E-state index is 0.130. The second-order valence-electron chi connectivity index (χ2n) is 5.93. The Balaban J connectivity index is 1.90. The zero-order valence-corrected chi connectivity index (χ0v) is 15.2. The number of alkyl halides is 3. The van der Waals surface area contributed by atoms with Crippen LogP contribution in [0.3, 0.4) is 0 Å². The second kappa shape index (κ2) is 8.05. The predicted octanol–water partition coefficient (Wildman–Crippen LogP) is 3.27. The molecule has 1 saturated heterocycles. The van der Waals surface area contributed by atoms with Crippen molar-refractivity contribution in [1.29, 1.82) is 0 Å². The molecule has 1 aromatic heterocycles. The summed E-state index contributed by atoms with van der Waals surface area (Å²) in [6, 6.07) is 2.72. The SMILES string of the molecule is CNc1nc(Nc2cc(F)c(N3CCOCC3)cc2OC)ncc1C(F)(F)F. The molecule has 0 bridgehead atoms. The van der Waals surface area contributed by atoms with E-state index in [1.54, 1.807) is 0 Å². The van der Waals surface area contributed by atoms with Crippen LogP contribution in [-0.4, -0.2) is 50.4 Å². The maximum absolute atomic E-state index is 14.6. The van der Waals surface area contributed by atoms with Crippen LogP contribution in [0.2, 0.25) is 0 Å². The standard InChI is InChI=1S/C17H19F4N5O2/c1-22-15-10(17(19,20)21)9-23-16(25-15)24-12-7-11(18)13(8-14(12)27-2)26-3-5-28-6-4-26/h7-9H,3-6H2,1-2H3,(H2,22,23,24,25). The molecule has 0 unspecified atom stereocenters. The van der Waals surface area contributed by atoms with Crippen LogP contribution >= 0.6 is 0 Å². The molecule has 1 aliphatic rings. The molecular weight excluding hydrogens is 382 g/mol. The number of nitrogens with one attached hydrogen (secondary N) is 2. The van der Waals surface area contributed by atoms with Gasteiger partial charge in [-0.05, 0) is 0 Å². The van der Waals surface area contributed by atoms with Crippen molar-refractivity contribution in [1.82, 2.24) is 9.97 Å². The average Bonchev–Trinajstić information content (AvgIpc) is 2.68. The summed E-state index contributed by atoms with van der Waals surface area (Å²) in [5.41, 5.74) is -0.449. The number of rotatable bonds is 5. The smallest absolute Gasteiger partial charge is 0.421 e. The van der Waals surface area contributed by atoms with Gasteiger partial charge in [0.2, 0.25) is 5.95 Å². The lowest BCUT2D eigenvalue weighted by molar-refractivity contribution is -0.137. The zero-order chi connectivity index (χ0) is 20.3. The van der Waals surface area contributed by atoms with Crippen LogP contribution in [0.5, 0.6) is 5.75 Å². The van der Waals surface area contributed by atoms with Gasteiger partial charge in [-0.3, -0.25) is 0 Å². The topological polar surface area (TPSA) is 71.5 Å². The van der Waals surface area contributed by atoms with Crippen molar-refractivity contribution >= 4 is 23.1 Å². The van der Waals surface area contributed by atoms with E-state index < -0.39 is 23.4 Å². The highest BCUT2D eigenvalue weighted by atomic mass is 19.4. The number of benzene rings is 1. The predicted molar refractivity (Wildman–Crippen MR) is 95.8 cm³/mol. The van der Waals surface area contributed by atoms with Gasteiger partial charge >= 0.3 is 6.18 Å². The van der Waals surface area contributed by atoms with E-state index in [1.807, 2.05) is 4.90 Å². The van der Waals surface area contributed by atoms with E-state index in [0.29, 0.717) is 43.9 Å². The van der Waals surface area contributed by atoms with Crippen molar-refractivity contribution < 1.29 is 27.0 Å². The number of morpholine rings is 1. The second-order valence-corrected chi connectivity index (χ2v) is 5.93. The third-order valence-corrected chi connectivity index (χ3v) is 4.20. The number of halogens is 4. The van der Waals surface area contributed by atoms with Gasteiger partial charge in [0.25, 0.3) is 0 Å². The van der Waals surface area contributed by atoms with E-state index in [1.165, 1.54) is 26.3 Å². The Morgan fingerprint density at radius 2 is 1.93 bits per heavy atom. The van der Waals surface area contributed by atoms with E-state index in [-0.39, 0.29) is 11.6 Å². The Hall–Kier alpha value is -2.82. The molecular formula is C17H19F4N5O2. The summed E-state index contributed by atoms with van der Waals surface area (Å²) < 4.78 is 64.1. The maximum Gasteiger partial charge on any atom is 0.421 e. The van der Waals surface area contributed by atoms with E-state index in [2.05, 4.69) is 20.6 Å². The molecule has 28 heavy (non-hydrogen) atoms. The molecule has 0 saturated carbocycles. The average molecular weight is 401 g/mol. The molecule has 0 atom stereocenters. The molecule has 7 nitrogen and oxygen atoms in total. The number of anilines is 4. The summed E-state index contributed by atoms with van der Waals surface area (Å²) in [6.45, 7) is 2.07. The lowest BCUT2D eigenvalue weighted by Gasteiger charge is -2.29. The molecule has 0 aliphatic carbocycles. The lowest BCUT2D eigenvalue weighted by atomic mass is 10.2. The third-order valence-electron chi connectivity index (χ3n) is 4.20. The monoisotopic (exact) mass is 401 g/mol. The summed E-state index contributed by atoms with van der Waals surface area (Å²) in [6.07, 6.45) is -3.94. The van der Waals surface area contributed by atoms with Gasteiger partial charge in [0.15, 0.2) is 0 Å². The van der Waals surface area contributed by atoms with Crippen LogP contribution in [0.1, 0.15) is 5.56 Å². The molecule has 2 heterocycles. The highest BCUT2D eigenvalue weighted by molar-refractivity contribution is 5.69. The summed E-state index contributed by atoms with van der Waals surface area (Å²) >= 11 is 0. The van der Waals surface area contributed by atoms with Crippen molar-refractivity contribution in [3.63, 3.8) is 0 Å². The first-order valence-electron chi connectivity index (χ1n) is 8.42. The van der Waals surface area contributed by atoms with Gasteiger partial charge in [-0.1, -0.05) is 0 Å². The molecule has 2 N–H and O–H groups in total. The molecule has 0 radical (unpaired) electrons. The molecule has 3 rings (SSSR count). The quantitative estimate of drug-likeness (QED) is 0.745. The van der Waals surface area contributed by atoms with Crippen molar-refractivity contribution in [2.24, 2.45) is 0 Å². The van der Waals surface area contributed by atoms with Crippen molar-refractivity contribution in [2.75, 3.05) is 56.0 Å². The Bertz CT molecular complexity index is 841. The number of hydrogen-bond donors (Lipinski definition) is 2. The number of ether oxygens (including phenoxy) is 2. The zero-order valence-electron chi connectivity index (χ0n) is 15.2. The Morgan fingerprint density at radius 1 is 1.21 bits per heavy atom. The summed E-state index contributed by atoms with van der Waals surface area (Å²) in [5.74, 6) is -0.730. The van der Waals surface area contributed by atoms with Gasteiger partial charge in [0.05, 0.1) is 31.7 Å². The van der Waals surface area contributed by atoms with Crippen molar-refractivity contribution in [2.45, 2.75) is 6.18 Å². The summed E-state index contributed by atoms with van der Waals surface area (Å²) in [4.78, 5) is 9.32. The molecule has 0 amide bonds. The number of nitrogens with zero attached hydrogens (tertiary/aromatic N) is 3. The van der Waals surface area contributed by atoms with Gasteiger partial charge in [-0.25, -0.2) is 9.37 Å². The molecule has 1 aromatic carbocycles. The van der Waals surface area contributed by atoms with Crippen LogP contribution < -0.4 is 20.3 Å². The Kier molecular flexibility index (Phi) is 5.73. The highest BCUT2D eigenvalue weighted by Crippen LogP contribution is 2.36. The molecule has 1 fully saturated rings. The first kappa shape index (κ1) is 19.9. The molecule has 2 aromatic rings.